The number of aromatic nitrogens is 2. The summed E-state index contributed by atoms with van der Waals surface area (Å²) in [6, 6.07) is 5.46. The van der Waals surface area contributed by atoms with E-state index in [1.807, 2.05) is 17.0 Å². The predicted molar refractivity (Wildman–Crippen MR) is 103 cm³/mol. The molecule has 3 aliphatic rings. The summed E-state index contributed by atoms with van der Waals surface area (Å²) in [6.07, 6.45) is 3.11. The molecule has 29 heavy (non-hydrogen) atoms. The van der Waals surface area contributed by atoms with Crippen molar-refractivity contribution in [2.24, 2.45) is 11.3 Å². The second-order valence-corrected chi connectivity index (χ2v) is 7.90. The summed E-state index contributed by atoms with van der Waals surface area (Å²) in [5.74, 6) is -0.382. The SMILES string of the molecule is COc1nc(N2CCC3(CC3C(=O)Nc3ccc4c(c3)CC(=O)N4)C2)ncc1F. The molecule has 2 atom stereocenters. The Morgan fingerprint density at radius 1 is 1.45 bits per heavy atom. The van der Waals surface area contributed by atoms with Gasteiger partial charge in [-0.15, -0.1) is 0 Å². The predicted octanol–water partition coefficient (Wildman–Crippen LogP) is 1.97. The molecule has 2 fully saturated rings. The van der Waals surface area contributed by atoms with Crippen LogP contribution >= 0.6 is 0 Å². The molecule has 0 radical (unpaired) electrons. The number of fused-ring (bicyclic) bond motifs is 1. The van der Waals surface area contributed by atoms with Gasteiger partial charge in [0, 0.05) is 35.8 Å². The largest absolute Gasteiger partial charge is 0.479 e. The molecule has 0 bridgehead atoms. The molecular formula is C20H20FN5O3. The first-order valence-corrected chi connectivity index (χ1v) is 9.52. The molecule has 1 aromatic carbocycles. The molecule has 2 unspecified atom stereocenters. The standard InChI is InChI=1S/C20H20FN5O3/c1-29-18-14(21)9-22-19(25-18)26-5-4-20(10-26)8-13(20)17(28)23-12-2-3-15-11(6-12)7-16(27)24-15/h2-3,6,9,13H,4-5,7-8,10H2,1H3,(H,23,28)(H,24,27). The number of rotatable bonds is 4. The number of halogens is 1. The lowest BCUT2D eigenvalue weighted by molar-refractivity contribution is -0.118. The molecular weight excluding hydrogens is 377 g/mol. The Balaban J connectivity index is 1.24. The molecule has 1 saturated carbocycles. The Bertz CT molecular complexity index is 1030. The van der Waals surface area contributed by atoms with Gasteiger partial charge in [0.2, 0.25) is 23.6 Å². The van der Waals surface area contributed by atoms with Crippen molar-refractivity contribution in [1.29, 1.82) is 0 Å². The zero-order valence-corrected chi connectivity index (χ0v) is 15.9. The topological polar surface area (TPSA) is 96.5 Å². The van der Waals surface area contributed by atoms with E-state index >= 15 is 0 Å². The van der Waals surface area contributed by atoms with Gasteiger partial charge in [0.25, 0.3) is 5.88 Å². The van der Waals surface area contributed by atoms with Gasteiger partial charge in [-0.25, -0.2) is 4.98 Å². The van der Waals surface area contributed by atoms with Gasteiger partial charge in [0.1, 0.15) is 0 Å². The summed E-state index contributed by atoms with van der Waals surface area (Å²) in [7, 11) is 1.37. The smallest absolute Gasteiger partial charge is 0.255 e. The molecule has 2 aromatic rings. The average molecular weight is 397 g/mol. The third-order valence-electron chi connectivity index (χ3n) is 6.06. The van der Waals surface area contributed by atoms with E-state index in [9.17, 15) is 14.0 Å². The molecule has 1 spiro atoms. The summed E-state index contributed by atoms with van der Waals surface area (Å²) in [4.78, 5) is 34.4. The first-order valence-electron chi connectivity index (χ1n) is 9.52. The summed E-state index contributed by atoms with van der Waals surface area (Å²) >= 11 is 0. The molecule has 2 amide bonds. The van der Waals surface area contributed by atoms with Gasteiger partial charge < -0.3 is 20.3 Å². The maximum atomic E-state index is 13.6. The Kier molecular flexibility index (Phi) is 3.94. The number of hydrogen-bond donors (Lipinski definition) is 2. The first kappa shape index (κ1) is 17.8. The van der Waals surface area contributed by atoms with Crippen molar-refractivity contribution < 1.29 is 18.7 Å². The van der Waals surface area contributed by atoms with E-state index in [1.54, 1.807) is 6.07 Å². The van der Waals surface area contributed by atoms with E-state index < -0.39 is 5.82 Å². The third kappa shape index (κ3) is 3.06. The monoisotopic (exact) mass is 397 g/mol. The number of carbonyl (C=O) groups is 2. The number of nitrogens with zero attached hydrogens (tertiary/aromatic N) is 3. The van der Waals surface area contributed by atoms with Gasteiger partial charge in [-0.2, -0.15) is 9.37 Å². The van der Waals surface area contributed by atoms with Gasteiger partial charge in [0.05, 0.1) is 19.7 Å². The van der Waals surface area contributed by atoms with Crippen LogP contribution in [0, 0.1) is 17.2 Å². The van der Waals surface area contributed by atoms with Crippen molar-refractivity contribution in [3.63, 3.8) is 0 Å². The van der Waals surface area contributed by atoms with Crippen LogP contribution in [0.4, 0.5) is 21.7 Å². The van der Waals surface area contributed by atoms with E-state index in [-0.39, 0.29) is 29.0 Å². The Morgan fingerprint density at radius 3 is 3.14 bits per heavy atom. The van der Waals surface area contributed by atoms with Crippen molar-refractivity contribution in [2.75, 3.05) is 35.7 Å². The molecule has 1 aromatic heterocycles. The number of carbonyl (C=O) groups excluding carboxylic acids is 2. The summed E-state index contributed by atoms with van der Waals surface area (Å²) in [5.41, 5.74) is 2.31. The van der Waals surface area contributed by atoms with Crippen LogP contribution in [0.3, 0.4) is 0 Å². The van der Waals surface area contributed by atoms with Crippen LogP contribution in [0.5, 0.6) is 5.88 Å². The summed E-state index contributed by atoms with van der Waals surface area (Å²) in [6.45, 7) is 1.37. The lowest BCUT2D eigenvalue weighted by atomic mass is 10.0. The minimum Gasteiger partial charge on any atom is -0.479 e. The van der Waals surface area contributed by atoms with Crippen molar-refractivity contribution in [1.82, 2.24) is 9.97 Å². The lowest BCUT2D eigenvalue weighted by Crippen LogP contribution is -2.25. The molecule has 1 aliphatic carbocycles. The number of anilines is 3. The maximum absolute atomic E-state index is 13.6. The normalized spacial score (nSPS) is 24.4. The Labute approximate surface area is 166 Å². The second kappa shape index (κ2) is 6.40. The van der Waals surface area contributed by atoms with Crippen molar-refractivity contribution in [2.45, 2.75) is 19.3 Å². The van der Waals surface area contributed by atoms with Crippen LogP contribution in [0.2, 0.25) is 0 Å². The number of amides is 2. The van der Waals surface area contributed by atoms with E-state index in [2.05, 4.69) is 20.6 Å². The fourth-order valence-corrected chi connectivity index (χ4v) is 4.41. The zero-order valence-electron chi connectivity index (χ0n) is 15.9. The highest BCUT2D eigenvalue weighted by molar-refractivity contribution is 6.01. The number of ether oxygens (including phenoxy) is 1. The maximum Gasteiger partial charge on any atom is 0.255 e. The lowest BCUT2D eigenvalue weighted by Gasteiger charge is -2.17. The summed E-state index contributed by atoms with van der Waals surface area (Å²) in [5, 5.41) is 5.77. The fraction of sp³-hybridized carbons (Fsp3) is 0.400. The molecule has 5 rings (SSSR count). The zero-order chi connectivity index (χ0) is 20.2. The molecule has 3 heterocycles. The quantitative estimate of drug-likeness (QED) is 0.819. The van der Waals surface area contributed by atoms with Gasteiger partial charge in [-0.3, -0.25) is 9.59 Å². The van der Waals surface area contributed by atoms with Gasteiger partial charge in [-0.05, 0) is 36.6 Å². The molecule has 8 nitrogen and oxygen atoms in total. The highest BCUT2D eigenvalue weighted by atomic mass is 19.1. The highest BCUT2D eigenvalue weighted by Gasteiger charge is 2.61. The van der Waals surface area contributed by atoms with Crippen molar-refractivity contribution >= 4 is 29.1 Å². The Hall–Kier alpha value is -3.23. The second-order valence-electron chi connectivity index (χ2n) is 7.90. The van der Waals surface area contributed by atoms with Gasteiger partial charge in [0.15, 0.2) is 0 Å². The molecule has 9 heteroatoms. The van der Waals surface area contributed by atoms with E-state index in [0.29, 0.717) is 31.1 Å². The van der Waals surface area contributed by atoms with Crippen LogP contribution in [0.25, 0.3) is 0 Å². The number of methoxy groups -OCH3 is 1. The minimum atomic E-state index is -0.597. The van der Waals surface area contributed by atoms with Crippen LogP contribution in [-0.2, 0) is 16.0 Å². The minimum absolute atomic E-state index is 0.0123. The molecule has 2 aliphatic heterocycles. The molecule has 1 saturated heterocycles. The van der Waals surface area contributed by atoms with Crippen molar-refractivity contribution in [3.8, 4) is 5.88 Å². The highest BCUT2D eigenvalue weighted by Crippen LogP contribution is 2.59. The number of hydrogen-bond acceptors (Lipinski definition) is 6. The molecule has 150 valence electrons. The van der Waals surface area contributed by atoms with Crippen LogP contribution in [0.1, 0.15) is 18.4 Å². The van der Waals surface area contributed by atoms with E-state index in [0.717, 1.165) is 30.3 Å². The molecule has 2 N–H and O–H groups in total. The third-order valence-corrected chi connectivity index (χ3v) is 6.06. The fourth-order valence-electron chi connectivity index (χ4n) is 4.41. The van der Waals surface area contributed by atoms with Crippen molar-refractivity contribution in [3.05, 3.63) is 35.8 Å². The number of benzene rings is 1. The Morgan fingerprint density at radius 2 is 2.31 bits per heavy atom. The van der Waals surface area contributed by atoms with Crippen LogP contribution < -0.4 is 20.3 Å². The number of nitrogens with one attached hydrogen (secondary N) is 2. The van der Waals surface area contributed by atoms with E-state index in [4.69, 9.17) is 4.74 Å². The van der Waals surface area contributed by atoms with E-state index in [1.165, 1.54) is 7.11 Å². The van der Waals surface area contributed by atoms with Gasteiger partial charge in [-0.1, -0.05) is 0 Å². The summed E-state index contributed by atoms with van der Waals surface area (Å²) < 4.78 is 18.5. The van der Waals surface area contributed by atoms with Crippen LogP contribution in [0.15, 0.2) is 24.4 Å². The first-order chi connectivity index (χ1) is 14.0. The van der Waals surface area contributed by atoms with Crippen LogP contribution in [-0.4, -0.2) is 42.0 Å². The van der Waals surface area contributed by atoms with Gasteiger partial charge >= 0.3 is 0 Å². The average Bonchev–Trinajstić information content (AvgIpc) is 3.03.